The lowest BCUT2D eigenvalue weighted by molar-refractivity contribution is -0.137. The molecule has 30 heavy (non-hydrogen) atoms. The summed E-state index contributed by atoms with van der Waals surface area (Å²) >= 11 is 0. The van der Waals surface area contributed by atoms with Crippen LogP contribution in [0.2, 0.25) is 0 Å². The SMILES string of the molecule is O=C(O)CC[C@H](O)[C@H](Cc1ccccc1)N(Cc1ccccc1)Cc1ccccc1. The van der Waals surface area contributed by atoms with Gasteiger partial charge >= 0.3 is 5.97 Å². The quantitative estimate of drug-likeness (QED) is 0.494. The topological polar surface area (TPSA) is 60.8 Å². The average Bonchev–Trinajstić information content (AvgIpc) is 2.77. The van der Waals surface area contributed by atoms with Crippen molar-refractivity contribution in [3.05, 3.63) is 108 Å². The van der Waals surface area contributed by atoms with Gasteiger partial charge in [0.2, 0.25) is 0 Å². The van der Waals surface area contributed by atoms with Crippen LogP contribution in [-0.2, 0) is 24.3 Å². The van der Waals surface area contributed by atoms with E-state index in [1.54, 1.807) is 0 Å². The summed E-state index contributed by atoms with van der Waals surface area (Å²) in [5, 5.41) is 20.2. The van der Waals surface area contributed by atoms with Crippen LogP contribution in [0, 0.1) is 0 Å². The molecule has 2 atom stereocenters. The van der Waals surface area contributed by atoms with Crippen LogP contribution in [0.15, 0.2) is 91.0 Å². The minimum atomic E-state index is -0.884. The highest BCUT2D eigenvalue weighted by Gasteiger charge is 2.27. The molecule has 0 aromatic heterocycles. The minimum absolute atomic E-state index is 0.0447. The smallest absolute Gasteiger partial charge is 0.303 e. The molecule has 0 radical (unpaired) electrons. The van der Waals surface area contributed by atoms with Gasteiger partial charge in [0.15, 0.2) is 0 Å². The van der Waals surface area contributed by atoms with E-state index in [-0.39, 0.29) is 18.9 Å². The number of aliphatic hydroxyl groups excluding tert-OH is 1. The van der Waals surface area contributed by atoms with Crippen molar-refractivity contribution in [3.8, 4) is 0 Å². The Balaban J connectivity index is 1.89. The predicted octanol–water partition coefficient (Wildman–Crippen LogP) is 4.53. The van der Waals surface area contributed by atoms with E-state index in [9.17, 15) is 9.90 Å². The molecule has 0 unspecified atom stereocenters. The van der Waals surface area contributed by atoms with Crippen molar-refractivity contribution >= 4 is 5.97 Å². The minimum Gasteiger partial charge on any atom is -0.481 e. The maximum Gasteiger partial charge on any atom is 0.303 e. The molecule has 0 bridgehead atoms. The molecule has 0 aliphatic carbocycles. The Kier molecular flexibility index (Phi) is 8.19. The van der Waals surface area contributed by atoms with Gasteiger partial charge in [-0.05, 0) is 29.5 Å². The number of carbonyl (C=O) groups is 1. The summed E-state index contributed by atoms with van der Waals surface area (Å²) < 4.78 is 0. The van der Waals surface area contributed by atoms with Gasteiger partial charge in [0.05, 0.1) is 6.10 Å². The van der Waals surface area contributed by atoms with E-state index >= 15 is 0 Å². The van der Waals surface area contributed by atoms with Crippen molar-refractivity contribution < 1.29 is 15.0 Å². The molecule has 0 fully saturated rings. The van der Waals surface area contributed by atoms with Crippen molar-refractivity contribution in [2.24, 2.45) is 0 Å². The lowest BCUT2D eigenvalue weighted by atomic mass is 9.95. The lowest BCUT2D eigenvalue weighted by Gasteiger charge is -2.35. The summed E-state index contributed by atoms with van der Waals surface area (Å²) in [6.45, 7) is 1.36. The van der Waals surface area contributed by atoms with Gasteiger partial charge in [-0.2, -0.15) is 0 Å². The van der Waals surface area contributed by atoms with E-state index in [1.165, 1.54) is 0 Å². The van der Waals surface area contributed by atoms with Crippen LogP contribution in [-0.4, -0.2) is 33.2 Å². The molecule has 3 aromatic rings. The van der Waals surface area contributed by atoms with Crippen molar-refractivity contribution in [1.29, 1.82) is 0 Å². The van der Waals surface area contributed by atoms with E-state index in [1.807, 2.05) is 54.6 Å². The van der Waals surface area contributed by atoms with E-state index in [0.29, 0.717) is 19.5 Å². The van der Waals surface area contributed by atoms with Crippen LogP contribution in [0.5, 0.6) is 0 Å². The van der Waals surface area contributed by atoms with Gasteiger partial charge in [-0.25, -0.2) is 0 Å². The summed E-state index contributed by atoms with van der Waals surface area (Å²) in [5.41, 5.74) is 3.46. The highest BCUT2D eigenvalue weighted by Crippen LogP contribution is 2.21. The first kappa shape index (κ1) is 21.8. The number of hydrogen-bond acceptors (Lipinski definition) is 3. The fourth-order valence-corrected chi connectivity index (χ4v) is 3.75. The van der Waals surface area contributed by atoms with Crippen LogP contribution in [0.3, 0.4) is 0 Å². The van der Waals surface area contributed by atoms with Gasteiger partial charge in [-0.15, -0.1) is 0 Å². The molecule has 0 spiro atoms. The number of benzene rings is 3. The number of nitrogens with zero attached hydrogens (tertiary/aromatic N) is 1. The maximum atomic E-state index is 11.1. The Morgan fingerprint density at radius 1 is 0.733 bits per heavy atom. The van der Waals surface area contributed by atoms with Gasteiger partial charge in [-0.1, -0.05) is 91.0 Å². The first-order chi connectivity index (χ1) is 14.6. The molecule has 156 valence electrons. The van der Waals surface area contributed by atoms with Crippen molar-refractivity contribution in [1.82, 2.24) is 4.90 Å². The fourth-order valence-electron chi connectivity index (χ4n) is 3.75. The van der Waals surface area contributed by atoms with Gasteiger partial charge in [0.25, 0.3) is 0 Å². The van der Waals surface area contributed by atoms with Crippen LogP contribution in [0.25, 0.3) is 0 Å². The number of carboxylic acid groups (broad SMARTS) is 1. The summed E-state index contributed by atoms with van der Waals surface area (Å²) in [6.07, 6.45) is 0.0966. The second kappa shape index (κ2) is 11.3. The highest BCUT2D eigenvalue weighted by molar-refractivity contribution is 5.66. The molecule has 3 aromatic carbocycles. The van der Waals surface area contributed by atoms with Crippen molar-refractivity contribution in [2.45, 2.75) is 44.5 Å². The monoisotopic (exact) mass is 403 g/mol. The zero-order chi connectivity index (χ0) is 21.2. The summed E-state index contributed by atoms with van der Waals surface area (Å²) in [4.78, 5) is 13.4. The van der Waals surface area contributed by atoms with Crippen molar-refractivity contribution in [2.75, 3.05) is 0 Å². The third-order valence-electron chi connectivity index (χ3n) is 5.31. The molecule has 0 aliphatic heterocycles. The standard InChI is InChI=1S/C26H29NO3/c28-25(16-17-26(29)30)24(18-21-10-4-1-5-11-21)27(19-22-12-6-2-7-13-22)20-23-14-8-3-9-15-23/h1-15,24-25,28H,16-20H2,(H,29,30)/t24-,25-/m0/s1. The molecule has 0 amide bonds. The van der Waals surface area contributed by atoms with E-state index in [4.69, 9.17) is 5.11 Å². The normalized spacial score (nSPS) is 13.1. The van der Waals surface area contributed by atoms with Crippen LogP contribution >= 0.6 is 0 Å². The predicted molar refractivity (Wildman–Crippen MR) is 119 cm³/mol. The number of rotatable bonds is 11. The maximum absolute atomic E-state index is 11.1. The number of aliphatic carboxylic acids is 1. The molecule has 4 nitrogen and oxygen atoms in total. The van der Waals surface area contributed by atoms with Gasteiger partial charge < -0.3 is 10.2 Å². The summed E-state index contributed by atoms with van der Waals surface area (Å²) in [7, 11) is 0. The van der Waals surface area contributed by atoms with Crippen LogP contribution in [0.1, 0.15) is 29.5 Å². The highest BCUT2D eigenvalue weighted by atomic mass is 16.4. The Morgan fingerprint density at radius 2 is 1.17 bits per heavy atom. The molecule has 0 saturated carbocycles. The number of aliphatic hydroxyl groups is 1. The number of carboxylic acids is 1. The Labute approximate surface area is 178 Å². The fraction of sp³-hybridized carbons (Fsp3) is 0.269. The van der Waals surface area contributed by atoms with E-state index in [0.717, 1.165) is 16.7 Å². The van der Waals surface area contributed by atoms with E-state index in [2.05, 4.69) is 41.3 Å². The van der Waals surface area contributed by atoms with E-state index < -0.39 is 12.1 Å². The van der Waals surface area contributed by atoms with Crippen LogP contribution < -0.4 is 0 Å². The first-order valence-electron chi connectivity index (χ1n) is 10.4. The zero-order valence-corrected chi connectivity index (χ0v) is 17.1. The molecule has 0 aliphatic rings. The third kappa shape index (κ3) is 6.83. The summed E-state index contributed by atoms with van der Waals surface area (Å²) in [5.74, 6) is -0.884. The molecule has 3 rings (SSSR count). The molecule has 2 N–H and O–H groups in total. The second-order valence-electron chi connectivity index (χ2n) is 7.63. The zero-order valence-electron chi connectivity index (χ0n) is 17.1. The second-order valence-corrected chi connectivity index (χ2v) is 7.63. The Morgan fingerprint density at radius 3 is 1.60 bits per heavy atom. The average molecular weight is 404 g/mol. The Bertz CT molecular complexity index is 842. The number of hydrogen-bond donors (Lipinski definition) is 2. The molecular formula is C26H29NO3. The molecule has 4 heteroatoms. The molecule has 0 heterocycles. The van der Waals surface area contributed by atoms with Crippen LogP contribution in [0.4, 0.5) is 0 Å². The summed E-state index contributed by atoms with van der Waals surface area (Å²) in [6, 6.07) is 30.3. The first-order valence-corrected chi connectivity index (χ1v) is 10.4. The lowest BCUT2D eigenvalue weighted by Crippen LogP contribution is -2.44. The van der Waals surface area contributed by atoms with Gasteiger partial charge in [0.1, 0.15) is 0 Å². The Hall–Kier alpha value is -2.95. The van der Waals surface area contributed by atoms with Gasteiger partial charge in [0, 0.05) is 25.6 Å². The van der Waals surface area contributed by atoms with Gasteiger partial charge in [-0.3, -0.25) is 9.69 Å². The largest absolute Gasteiger partial charge is 0.481 e. The molecular weight excluding hydrogens is 374 g/mol. The van der Waals surface area contributed by atoms with Crippen molar-refractivity contribution in [3.63, 3.8) is 0 Å². The molecule has 0 saturated heterocycles. The third-order valence-corrected chi connectivity index (χ3v) is 5.31.